The van der Waals surface area contributed by atoms with Crippen molar-refractivity contribution in [3.63, 3.8) is 0 Å². The third-order valence-electron chi connectivity index (χ3n) is 3.44. The number of aliphatic hydroxyl groups is 1. The lowest BCUT2D eigenvalue weighted by atomic mass is 10.0. The van der Waals surface area contributed by atoms with Crippen LogP contribution in [-0.4, -0.2) is 23.8 Å². The van der Waals surface area contributed by atoms with Gasteiger partial charge in [-0.1, -0.05) is 48.5 Å². The predicted molar refractivity (Wildman–Crippen MR) is 89.0 cm³/mol. The van der Waals surface area contributed by atoms with Crippen LogP contribution >= 0.6 is 0 Å². The third kappa shape index (κ3) is 4.90. The minimum atomic E-state index is -0.249. The summed E-state index contributed by atoms with van der Waals surface area (Å²) < 4.78 is 0. The maximum atomic E-state index is 12.0. The summed E-state index contributed by atoms with van der Waals surface area (Å²) >= 11 is 0. The van der Waals surface area contributed by atoms with Gasteiger partial charge in [0.1, 0.15) is 0 Å². The minimum Gasteiger partial charge on any atom is -0.396 e. The molecule has 4 heteroatoms. The molecule has 0 aliphatic rings. The van der Waals surface area contributed by atoms with E-state index in [1.165, 1.54) is 5.56 Å². The number of amides is 2. The second-order valence-electron chi connectivity index (χ2n) is 5.33. The molecule has 2 aromatic carbocycles. The molecule has 3 N–H and O–H groups in total. The lowest BCUT2D eigenvalue weighted by molar-refractivity contribution is 0.241. The molecule has 0 spiro atoms. The number of hydrogen-bond acceptors (Lipinski definition) is 2. The van der Waals surface area contributed by atoms with Crippen molar-refractivity contribution in [3.8, 4) is 0 Å². The van der Waals surface area contributed by atoms with Crippen LogP contribution < -0.4 is 10.6 Å². The van der Waals surface area contributed by atoms with E-state index in [-0.39, 0.29) is 18.7 Å². The maximum Gasteiger partial charge on any atom is 0.319 e. The fourth-order valence-corrected chi connectivity index (χ4v) is 2.26. The SMILES string of the molecule is C[C@H](CCO)NC(=O)Nc1ccccc1Cc1ccccc1. The fourth-order valence-electron chi connectivity index (χ4n) is 2.26. The lowest BCUT2D eigenvalue weighted by Gasteiger charge is -2.15. The summed E-state index contributed by atoms with van der Waals surface area (Å²) in [7, 11) is 0. The molecule has 1 atom stereocenters. The molecule has 0 aliphatic carbocycles. The first-order chi connectivity index (χ1) is 10.7. The highest BCUT2D eigenvalue weighted by Crippen LogP contribution is 2.19. The summed E-state index contributed by atoms with van der Waals surface area (Å²) in [6.45, 7) is 1.93. The Kier molecular flexibility index (Phi) is 5.98. The van der Waals surface area contributed by atoms with Gasteiger partial charge in [0.15, 0.2) is 0 Å². The van der Waals surface area contributed by atoms with Crippen LogP contribution in [0.2, 0.25) is 0 Å². The topological polar surface area (TPSA) is 61.4 Å². The molecule has 0 aromatic heterocycles. The molecular formula is C18H22N2O2. The number of rotatable bonds is 6. The van der Waals surface area contributed by atoms with E-state index in [1.54, 1.807) is 0 Å². The zero-order valence-corrected chi connectivity index (χ0v) is 12.8. The van der Waals surface area contributed by atoms with Crippen molar-refractivity contribution in [3.05, 3.63) is 65.7 Å². The van der Waals surface area contributed by atoms with Crippen LogP contribution in [0.15, 0.2) is 54.6 Å². The number of carbonyl (C=O) groups is 1. The molecular weight excluding hydrogens is 276 g/mol. The van der Waals surface area contributed by atoms with E-state index in [9.17, 15) is 4.79 Å². The zero-order valence-electron chi connectivity index (χ0n) is 12.8. The Morgan fingerprint density at radius 1 is 1.09 bits per heavy atom. The Bertz CT molecular complexity index is 599. The number of hydrogen-bond donors (Lipinski definition) is 3. The van der Waals surface area contributed by atoms with Gasteiger partial charge in [-0.3, -0.25) is 0 Å². The van der Waals surface area contributed by atoms with Crippen molar-refractivity contribution >= 4 is 11.7 Å². The first-order valence-corrected chi connectivity index (χ1v) is 7.49. The van der Waals surface area contributed by atoms with Gasteiger partial charge in [0.2, 0.25) is 0 Å². The highest BCUT2D eigenvalue weighted by Gasteiger charge is 2.09. The number of para-hydroxylation sites is 1. The molecule has 0 saturated heterocycles. The summed E-state index contributed by atoms with van der Waals surface area (Å²) in [6.07, 6.45) is 1.31. The Morgan fingerprint density at radius 3 is 2.50 bits per heavy atom. The van der Waals surface area contributed by atoms with Crippen LogP contribution in [0.25, 0.3) is 0 Å². The predicted octanol–water partition coefficient (Wildman–Crippen LogP) is 3.17. The van der Waals surface area contributed by atoms with Crippen LogP contribution in [0.3, 0.4) is 0 Å². The first kappa shape index (κ1) is 16.0. The average molecular weight is 298 g/mol. The Hall–Kier alpha value is -2.33. The van der Waals surface area contributed by atoms with E-state index in [2.05, 4.69) is 22.8 Å². The normalized spacial score (nSPS) is 11.7. The third-order valence-corrected chi connectivity index (χ3v) is 3.44. The molecule has 2 aromatic rings. The lowest BCUT2D eigenvalue weighted by Crippen LogP contribution is -2.36. The summed E-state index contributed by atoms with van der Waals surface area (Å²) in [5.74, 6) is 0. The van der Waals surface area contributed by atoms with Crippen LogP contribution in [-0.2, 0) is 6.42 Å². The largest absolute Gasteiger partial charge is 0.396 e. The number of nitrogens with one attached hydrogen (secondary N) is 2. The van der Waals surface area contributed by atoms with Crippen molar-refractivity contribution < 1.29 is 9.90 Å². The van der Waals surface area contributed by atoms with Crippen LogP contribution in [0.1, 0.15) is 24.5 Å². The number of carbonyl (C=O) groups excluding carboxylic acids is 1. The van der Waals surface area contributed by atoms with Gasteiger partial charge in [-0.05, 0) is 37.0 Å². The molecule has 0 saturated carbocycles. The van der Waals surface area contributed by atoms with Crippen LogP contribution in [0.4, 0.5) is 10.5 Å². The molecule has 0 fully saturated rings. The Morgan fingerprint density at radius 2 is 1.77 bits per heavy atom. The van der Waals surface area contributed by atoms with Gasteiger partial charge >= 0.3 is 6.03 Å². The number of aliphatic hydroxyl groups excluding tert-OH is 1. The molecule has 0 radical (unpaired) electrons. The van der Waals surface area contributed by atoms with E-state index in [1.807, 2.05) is 49.4 Å². The van der Waals surface area contributed by atoms with Crippen molar-refractivity contribution in [1.82, 2.24) is 5.32 Å². The van der Waals surface area contributed by atoms with E-state index in [0.29, 0.717) is 6.42 Å². The molecule has 0 bridgehead atoms. The number of anilines is 1. The average Bonchev–Trinajstić information content (AvgIpc) is 2.50. The molecule has 0 unspecified atom stereocenters. The van der Waals surface area contributed by atoms with E-state index >= 15 is 0 Å². The van der Waals surface area contributed by atoms with Gasteiger partial charge in [0.25, 0.3) is 0 Å². The molecule has 4 nitrogen and oxygen atoms in total. The standard InChI is InChI=1S/C18H22N2O2/c1-14(11-12-21)19-18(22)20-17-10-6-5-9-16(17)13-15-7-3-2-4-8-15/h2-10,14,21H,11-13H2,1H3,(H2,19,20,22)/t14-/m1/s1. The quantitative estimate of drug-likeness (QED) is 0.767. The summed E-state index contributed by atoms with van der Waals surface area (Å²) in [4.78, 5) is 12.0. The maximum absolute atomic E-state index is 12.0. The fraction of sp³-hybridized carbons (Fsp3) is 0.278. The highest BCUT2D eigenvalue weighted by molar-refractivity contribution is 5.90. The van der Waals surface area contributed by atoms with E-state index in [0.717, 1.165) is 17.7 Å². The molecule has 0 heterocycles. The zero-order chi connectivity index (χ0) is 15.8. The number of urea groups is 1. The van der Waals surface area contributed by atoms with Gasteiger partial charge in [0.05, 0.1) is 0 Å². The van der Waals surface area contributed by atoms with Crippen molar-refractivity contribution in [2.45, 2.75) is 25.8 Å². The van der Waals surface area contributed by atoms with Gasteiger partial charge in [-0.15, -0.1) is 0 Å². The van der Waals surface area contributed by atoms with Crippen molar-refractivity contribution in [2.24, 2.45) is 0 Å². The molecule has 0 aliphatic heterocycles. The Labute approximate surface area is 131 Å². The van der Waals surface area contributed by atoms with Gasteiger partial charge < -0.3 is 15.7 Å². The summed E-state index contributed by atoms with van der Waals surface area (Å²) in [5, 5.41) is 14.6. The van der Waals surface area contributed by atoms with Gasteiger partial charge in [-0.25, -0.2) is 4.79 Å². The molecule has 2 amide bonds. The monoisotopic (exact) mass is 298 g/mol. The molecule has 22 heavy (non-hydrogen) atoms. The highest BCUT2D eigenvalue weighted by atomic mass is 16.3. The summed E-state index contributed by atoms with van der Waals surface area (Å²) in [6, 6.07) is 17.6. The van der Waals surface area contributed by atoms with Gasteiger partial charge in [0, 0.05) is 18.3 Å². The number of benzene rings is 2. The molecule has 2 rings (SSSR count). The van der Waals surface area contributed by atoms with Crippen LogP contribution in [0, 0.1) is 0 Å². The smallest absolute Gasteiger partial charge is 0.319 e. The summed E-state index contributed by atoms with van der Waals surface area (Å²) in [5.41, 5.74) is 3.07. The van der Waals surface area contributed by atoms with Crippen LogP contribution in [0.5, 0.6) is 0 Å². The van der Waals surface area contributed by atoms with Crippen molar-refractivity contribution in [2.75, 3.05) is 11.9 Å². The second-order valence-corrected chi connectivity index (χ2v) is 5.33. The molecule has 116 valence electrons. The minimum absolute atomic E-state index is 0.0615. The Balaban J connectivity index is 2.03. The first-order valence-electron chi connectivity index (χ1n) is 7.49. The van der Waals surface area contributed by atoms with Crippen molar-refractivity contribution in [1.29, 1.82) is 0 Å². The second kappa shape index (κ2) is 8.20. The van der Waals surface area contributed by atoms with E-state index < -0.39 is 0 Å². The van der Waals surface area contributed by atoms with Gasteiger partial charge in [-0.2, -0.15) is 0 Å². The van der Waals surface area contributed by atoms with E-state index in [4.69, 9.17) is 5.11 Å².